The van der Waals surface area contributed by atoms with E-state index in [9.17, 15) is 4.79 Å². The van der Waals surface area contributed by atoms with Crippen molar-refractivity contribution >= 4 is 5.91 Å². The molecule has 0 bridgehead atoms. The monoisotopic (exact) mass is 205 g/mol. The molecule has 0 radical (unpaired) electrons. The number of benzene rings is 1. The summed E-state index contributed by atoms with van der Waals surface area (Å²) in [6.07, 6.45) is 0.145. The number of hydrogen-bond acceptors (Lipinski definition) is 2. The first-order valence-corrected chi connectivity index (χ1v) is 5.19. The van der Waals surface area contributed by atoms with E-state index in [1.807, 2.05) is 42.2 Å². The predicted octanol–water partition coefficient (Wildman–Crippen LogP) is 1.43. The van der Waals surface area contributed by atoms with Gasteiger partial charge in [-0.15, -0.1) is 0 Å². The molecular weight excluding hydrogens is 190 g/mol. The Labute approximate surface area is 89.7 Å². The molecule has 1 fully saturated rings. The van der Waals surface area contributed by atoms with Crippen LogP contribution in [0, 0.1) is 0 Å². The summed E-state index contributed by atoms with van der Waals surface area (Å²) in [5.41, 5.74) is 1.17. The van der Waals surface area contributed by atoms with Crippen molar-refractivity contribution in [1.29, 1.82) is 0 Å². The highest BCUT2D eigenvalue weighted by Crippen LogP contribution is 2.10. The minimum Gasteiger partial charge on any atom is -0.367 e. The van der Waals surface area contributed by atoms with Crippen molar-refractivity contribution in [2.24, 2.45) is 0 Å². The standard InChI is InChI=1S/C12H15NO2/c1-10-7-13(12(14)9-15-10)8-11-5-3-2-4-6-11/h2-6,10H,7-9H2,1H3/t10-/m0/s1. The molecular formula is C12H15NO2. The summed E-state index contributed by atoms with van der Waals surface area (Å²) in [5, 5.41) is 0. The van der Waals surface area contributed by atoms with Crippen LogP contribution in [0.2, 0.25) is 0 Å². The van der Waals surface area contributed by atoms with Crippen LogP contribution in [0.25, 0.3) is 0 Å². The van der Waals surface area contributed by atoms with Gasteiger partial charge in [0.15, 0.2) is 0 Å². The van der Waals surface area contributed by atoms with Gasteiger partial charge in [0, 0.05) is 13.1 Å². The van der Waals surface area contributed by atoms with E-state index in [1.54, 1.807) is 0 Å². The van der Waals surface area contributed by atoms with E-state index in [0.29, 0.717) is 13.1 Å². The fraction of sp³-hybridized carbons (Fsp3) is 0.417. The molecule has 1 atom stereocenters. The fourth-order valence-electron chi connectivity index (χ4n) is 1.73. The first kappa shape index (κ1) is 10.2. The van der Waals surface area contributed by atoms with Crippen molar-refractivity contribution in [2.75, 3.05) is 13.2 Å². The minimum absolute atomic E-state index is 0.0805. The Kier molecular flexibility index (Phi) is 3.02. The van der Waals surface area contributed by atoms with E-state index in [-0.39, 0.29) is 18.6 Å². The number of ether oxygens (including phenoxy) is 1. The zero-order valence-corrected chi connectivity index (χ0v) is 8.85. The van der Waals surface area contributed by atoms with Crippen molar-refractivity contribution in [3.63, 3.8) is 0 Å². The van der Waals surface area contributed by atoms with Crippen LogP contribution in [-0.4, -0.2) is 30.1 Å². The summed E-state index contributed by atoms with van der Waals surface area (Å²) in [7, 11) is 0. The predicted molar refractivity (Wildman–Crippen MR) is 57.3 cm³/mol. The number of rotatable bonds is 2. The highest BCUT2D eigenvalue weighted by Gasteiger charge is 2.23. The van der Waals surface area contributed by atoms with E-state index >= 15 is 0 Å². The first-order valence-electron chi connectivity index (χ1n) is 5.19. The SMILES string of the molecule is C[C@H]1CN(Cc2ccccc2)C(=O)CO1. The van der Waals surface area contributed by atoms with Crippen molar-refractivity contribution in [2.45, 2.75) is 19.6 Å². The summed E-state index contributed by atoms with van der Waals surface area (Å²) in [5.74, 6) is 0.0805. The number of nitrogens with zero attached hydrogens (tertiary/aromatic N) is 1. The van der Waals surface area contributed by atoms with Crippen LogP contribution in [0.3, 0.4) is 0 Å². The molecule has 0 N–H and O–H groups in total. The van der Waals surface area contributed by atoms with Gasteiger partial charge in [0.05, 0.1) is 6.10 Å². The zero-order valence-electron chi connectivity index (χ0n) is 8.85. The second-order valence-corrected chi connectivity index (χ2v) is 3.88. The second kappa shape index (κ2) is 4.45. The molecule has 0 unspecified atom stereocenters. The highest BCUT2D eigenvalue weighted by molar-refractivity contribution is 5.78. The molecule has 1 heterocycles. The number of morpholine rings is 1. The molecule has 0 aliphatic carbocycles. The Morgan fingerprint density at radius 3 is 2.87 bits per heavy atom. The third-order valence-corrected chi connectivity index (χ3v) is 2.54. The van der Waals surface area contributed by atoms with Gasteiger partial charge in [0.25, 0.3) is 0 Å². The molecule has 0 spiro atoms. The van der Waals surface area contributed by atoms with Gasteiger partial charge in [-0.05, 0) is 12.5 Å². The van der Waals surface area contributed by atoms with Crippen LogP contribution < -0.4 is 0 Å². The lowest BCUT2D eigenvalue weighted by molar-refractivity contribution is -0.148. The van der Waals surface area contributed by atoms with Crippen LogP contribution in [0.4, 0.5) is 0 Å². The van der Waals surface area contributed by atoms with Crippen LogP contribution in [-0.2, 0) is 16.1 Å². The van der Waals surface area contributed by atoms with E-state index in [2.05, 4.69) is 0 Å². The van der Waals surface area contributed by atoms with E-state index in [0.717, 1.165) is 0 Å². The fourth-order valence-corrected chi connectivity index (χ4v) is 1.73. The van der Waals surface area contributed by atoms with Gasteiger partial charge in [-0.25, -0.2) is 0 Å². The van der Waals surface area contributed by atoms with Gasteiger partial charge in [-0.1, -0.05) is 30.3 Å². The quantitative estimate of drug-likeness (QED) is 0.731. The van der Waals surface area contributed by atoms with E-state index in [4.69, 9.17) is 4.74 Å². The summed E-state index contributed by atoms with van der Waals surface area (Å²) in [6, 6.07) is 10.0. The van der Waals surface area contributed by atoms with Gasteiger partial charge in [-0.2, -0.15) is 0 Å². The minimum atomic E-state index is 0.0805. The topological polar surface area (TPSA) is 29.5 Å². The van der Waals surface area contributed by atoms with Crippen molar-refractivity contribution in [3.8, 4) is 0 Å². The molecule has 1 amide bonds. The Balaban J connectivity index is 2.01. The molecule has 0 saturated carbocycles. The maximum Gasteiger partial charge on any atom is 0.248 e. The highest BCUT2D eigenvalue weighted by atomic mass is 16.5. The Morgan fingerprint density at radius 2 is 2.13 bits per heavy atom. The first-order chi connectivity index (χ1) is 7.25. The smallest absolute Gasteiger partial charge is 0.248 e. The van der Waals surface area contributed by atoms with E-state index in [1.165, 1.54) is 5.56 Å². The van der Waals surface area contributed by atoms with Gasteiger partial charge in [0.2, 0.25) is 5.91 Å². The molecule has 1 aromatic rings. The number of carbonyl (C=O) groups excluding carboxylic acids is 1. The molecule has 2 rings (SSSR count). The van der Waals surface area contributed by atoms with Gasteiger partial charge >= 0.3 is 0 Å². The van der Waals surface area contributed by atoms with Gasteiger partial charge < -0.3 is 9.64 Å². The van der Waals surface area contributed by atoms with Gasteiger partial charge in [-0.3, -0.25) is 4.79 Å². The average Bonchev–Trinajstić information content (AvgIpc) is 2.25. The van der Waals surface area contributed by atoms with Crippen LogP contribution in [0.1, 0.15) is 12.5 Å². The lowest BCUT2D eigenvalue weighted by atomic mass is 10.2. The summed E-state index contributed by atoms with van der Waals surface area (Å²) in [4.78, 5) is 13.4. The maximum absolute atomic E-state index is 11.5. The summed E-state index contributed by atoms with van der Waals surface area (Å²) >= 11 is 0. The summed E-state index contributed by atoms with van der Waals surface area (Å²) < 4.78 is 5.27. The van der Waals surface area contributed by atoms with Crippen LogP contribution in [0.15, 0.2) is 30.3 Å². The largest absolute Gasteiger partial charge is 0.367 e. The molecule has 1 aliphatic heterocycles. The molecule has 3 heteroatoms. The van der Waals surface area contributed by atoms with E-state index < -0.39 is 0 Å². The summed E-state index contributed by atoms with van der Waals surface area (Å²) in [6.45, 7) is 3.58. The molecule has 1 aromatic carbocycles. The number of carbonyl (C=O) groups is 1. The Hall–Kier alpha value is -1.35. The average molecular weight is 205 g/mol. The molecule has 80 valence electrons. The number of hydrogen-bond donors (Lipinski definition) is 0. The second-order valence-electron chi connectivity index (χ2n) is 3.88. The Bertz CT molecular complexity index is 337. The molecule has 0 aromatic heterocycles. The Morgan fingerprint density at radius 1 is 1.40 bits per heavy atom. The van der Waals surface area contributed by atoms with Crippen molar-refractivity contribution in [3.05, 3.63) is 35.9 Å². The molecule has 1 saturated heterocycles. The zero-order chi connectivity index (χ0) is 10.7. The van der Waals surface area contributed by atoms with Crippen molar-refractivity contribution in [1.82, 2.24) is 4.90 Å². The molecule has 3 nitrogen and oxygen atoms in total. The number of amides is 1. The van der Waals surface area contributed by atoms with Gasteiger partial charge in [0.1, 0.15) is 6.61 Å². The molecule has 15 heavy (non-hydrogen) atoms. The van der Waals surface area contributed by atoms with Crippen LogP contribution >= 0.6 is 0 Å². The lowest BCUT2D eigenvalue weighted by Gasteiger charge is -2.31. The third-order valence-electron chi connectivity index (χ3n) is 2.54. The maximum atomic E-state index is 11.5. The lowest BCUT2D eigenvalue weighted by Crippen LogP contribution is -2.44. The van der Waals surface area contributed by atoms with Crippen molar-refractivity contribution < 1.29 is 9.53 Å². The normalized spacial score (nSPS) is 21.8. The third kappa shape index (κ3) is 2.57. The van der Waals surface area contributed by atoms with Crippen LogP contribution in [0.5, 0.6) is 0 Å². The molecule has 1 aliphatic rings.